The molecule has 2 N–H and O–H groups in total. The van der Waals surface area contributed by atoms with Gasteiger partial charge in [0.2, 0.25) is 10.0 Å². The van der Waals surface area contributed by atoms with Crippen LogP contribution < -0.4 is 10.0 Å². The van der Waals surface area contributed by atoms with E-state index in [0.717, 1.165) is 11.8 Å². The van der Waals surface area contributed by atoms with Crippen LogP contribution in [0.1, 0.15) is 18.4 Å². The Morgan fingerprint density at radius 2 is 1.67 bits per heavy atom. The molecule has 8 heteroatoms. The summed E-state index contributed by atoms with van der Waals surface area (Å²) in [5.41, 5.74) is 0.736. The van der Waals surface area contributed by atoms with Crippen LogP contribution in [0.25, 0.3) is 0 Å². The fraction of sp³-hybridized carbons (Fsp3) is 0.538. The maximum absolute atomic E-state index is 12.2. The third kappa shape index (κ3) is 4.50. The van der Waals surface area contributed by atoms with Crippen molar-refractivity contribution >= 4 is 19.9 Å². The molecule has 1 saturated heterocycles. The van der Waals surface area contributed by atoms with Crippen LogP contribution >= 0.6 is 0 Å². The Bertz CT molecular complexity index is 675. The van der Waals surface area contributed by atoms with E-state index in [9.17, 15) is 16.8 Å². The van der Waals surface area contributed by atoms with Gasteiger partial charge in [0.05, 0.1) is 10.1 Å². The SMILES string of the molecule is CS(=O)(=O)c1ccc(CNS(=O)(=O)C2CCNCC2)cc1. The van der Waals surface area contributed by atoms with Gasteiger partial charge in [-0.15, -0.1) is 0 Å². The highest BCUT2D eigenvalue weighted by atomic mass is 32.2. The lowest BCUT2D eigenvalue weighted by molar-refractivity contribution is 0.489. The van der Waals surface area contributed by atoms with Crippen molar-refractivity contribution in [2.75, 3.05) is 19.3 Å². The van der Waals surface area contributed by atoms with Gasteiger partial charge in [0.15, 0.2) is 9.84 Å². The number of hydrogen-bond acceptors (Lipinski definition) is 5. The monoisotopic (exact) mass is 332 g/mol. The van der Waals surface area contributed by atoms with E-state index in [1.54, 1.807) is 12.1 Å². The van der Waals surface area contributed by atoms with Gasteiger partial charge in [-0.3, -0.25) is 0 Å². The summed E-state index contributed by atoms with van der Waals surface area (Å²) in [7, 11) is -6.55. The summed E-state index contributed by atoms with van der Waals surface area (Å²) in [5, 5.41) is 2.78. The Balaban J connectivity index is 1.99. The minimum atomic E-state index is -3.33. The first kappa shape index (κ1) is 16.4. The second-order valence-corrected chi connectivity index (χ2v) is 9.29. The number of benzene rings is 1. The first-order chi connectivity index (χ1) is 9.79. The summed E-state index contributed by atoms with van der Waals surface area (Å²) in [5.74, 6) is 0. The topological polar surface area (TPSA) is 92.3 Å². The summed E-state index contributed by atoms with van der Waals surface area (Å²) in [4.78, 5) is 0.229. The molecule has 1 heterocycles. The van der Waals surface area contributed by atoms with Crippen LogP contribution in [0, 0.1) is 0 Å². The summed E-state index contributed by atoms with van der Waals surface area (Å²) in [6.07, 6.45) is 2.37. The first-order valence-corrected chi connectivity index (χ1v) is 10.2. The molecule has 1 aliphatic heterocycles. The van der Waals surface area contributed by atoms with E-state index in [0.29, 0.717) is 25.9 Å². The highest BCUT2D eigenvalue weighted by molar-refractivity contribution is 7.90. The third-order valence-electron chi connectivity index (χ3n) is 3.55. The zero-order chi connectivity index (χ0) is 15.5. The van der Waals surface area contributed by atoms with E-state index in [1.807, 2.05) is 0 Å². The Labute approximate surface area is 125 Å². The Morgan fingerprint density at radius 3 is 2.19 bits per heavy atom. The normalized spacial score (nSPS) is 17.8. The summed E-state index contributed by atoms with van der Waals surface area (Å²) in [6, 6.07) is 6.23. The molecule has 2 rings (SSSR count). The van der Waals surface area contributed by atoms with Gasteiger partial charge in [0.1, 0.15) is 0 Å². The average molecular weight is 332 g/mol. The zero-order valence-corrected chi connectivity index (χ0v) is 13.5. The van der Waals surface area contributed by atoms with Gasteiger partial charge in [0, 0.05) is 12.8 Å². The van der Waals surface area contributed by atoms with Gasteiger partial charge in [-0.1, -0.05) is 12.1 Å². The van der Waals surface area contributed by atoms with Crippen LogP contribution in [0.4, 0.5) is 0 Å². The lowest BCUT2D eigenvalue weighted by Gasteiger charge is -2.22. The van der Waals surface area contributed by atoms with Crippen LogP contribution in [0.5, 0.6) is 0 Å². The van der Waals surface area contributed by atoms with E-state index in [4.69, 9.17) is 0 Å². The highest BCUT2D eigenvalue weighted by Crippen LogP contribution is 2.14. The maximum Gasteiger partial charge on any atom is 0.214 e. The molecule has 0 aliphatic carbocycles. The van der Waals surface area contributed by atoms with Gasteiger partial charge in [-0.25, -0.2) is 21.6 Å². The molecule has 0 amide bonds. The molecule has 1 aromatic carbocycles. The van der Waals surface area contributed by atoms with Crippen LogP contribution in [-0.2, 0) is 26.4 Å². The molecule has 1 aliphatic rings. The fourth-order valence-corrected chi connectivity index (χ4v) is 4.35. The molecule has 0 atom stereocenters. The van der Waals surface area contributed by atoms with Crippen molar-refractivity contribution in [2.24, 2.45) is 0 Å². The lowest BCUT2D eigenvalue weighted by Crippen LogP contribution is -2.41. The molecule has 6 nitrogen and oxygen atoms in total. The van der Waals surface area contributed by atoms with Crippen molar-refractivity contribution in [3.05, 3.63) is 29.8 Å². The second-order valence-electron chi connectivity index (χ2n) is 5.23. The molecule has 0 unspecified atom stereocenters. The van der Waals surface area contributed by atoms with Crippen molar-refractivity contribution in [3.63, 3.8) is 0 Å². The number of sulfone groups is 1. The van der Waals surface area contributed by atoms with Crippen LogP contribution in [0.3, 0.4) is 0 Å². The zero-order valence-electron chi connectivity index (χ0n) is 11.9. The lowest BCUT2D eigenvalue weighted by atomic mass is 10.2. The van der Waals surface area contributed by atoms with Gasteiger partial charge in [-0.2, -0.15) is 0 Å². The maximum atomic E-state index is 12.2. The van der Waals surface area contributed by atoms with Gasteiger partial charge in [-0.05, 0) is 43.6 Å². The van der Waals surface area contributed by atoms with Gasteiger partial charge in [0.25, 0.3) is 0 Å². The first-order valence-electron chi connectivity index (χ1n) is 6.77. The predicted octanol–water partition coefficient (Wildman–Crippen LogP) is 0.262. The number of hydrogen-bond donors (Lipinski definition) is 2. The highest BCUT2D eigenvalue weighted by Gasteiger charge is 2.26. The minimum absolute atomic E-state index is 0.177. The van der Waals surface area contributed by atoms with Gasteiger partial charge >= 0.3 is 0 Å². The molecule has 118 valence electrons. The smallest absolute Gasteiger partial charge is 0.214 e. The Kier molecular flexibility index (Phi) is 5.03. The van der Waals surface area contributed by atoms with Crippen molar-refractivity contribution < 1.29 is 16.8 Å². The Hall–Kier alpha value is -0.960. The number of piperidine rings is 1. The van der Waals surface area contributed by atoms with E-state index in [-0.39, 0.29) is 16.7 Å². The summed E-state index contributed by atoms with van der Waals surface area (Å²) >= 11 is 0. The van der Waals surface area contributed by atoms with Gasteiger partial charge < -0.3 is 5.32 Å². The number of rotatable bonds is 5. The number of sulfonamides is 1. The van der Waals surface area contributed by atoms with E-state index in [2.05, 4.69) is 10.0 Å². The fourth-order valence-electron chi connectivity index (χ4n) is 2.26. The largest absolute Gasteiger partial charge is 0.317 e. The van der Waals surface area contributed by atoms with Crippen molar-refractivity contribution in [1.82, 2.24) is 10.0 Å². The molecule has 1 fully saturated rings. The van der Waals surface area contributed by atoms with Crippen LogP contribution in [0.15, 0.2) is 29.2 Å². The second kappa shape index (κ2) is 6.43. The molecular formula is C13H20N2O4S2. The van der Waals surface area contributed by atoms with Crippen LogP contribution in [-0.4, -0.2) is 41.4 Å². The quantitative estimate of drug-likeness (QED) is 0.807. The van der Waals surface area contributed by atoms with Crippen molar-refractivity contribution in [3.8, 4) is 0 Å². The molecule has 1 aromatic rings. The molecule has 0 saturated carbocycles. The number of nitrogens with one attached hydrogen (secondary N) is 2. The predicted molar refractivity (Wildman–Crippen MR) is 81.2 cm³/mol. The van der Waals surface area contributed by atoms with E-state index >= 15 is 0 Å². The molecular weight excluding hydrogens is 312 g/mol. The molecule has 0 spiro atoms. The van der Waals surface area contributed by atoms with E-state index < -0.39 is 19.9 Å². The molecule has 0 aromatic heterocycles. The van der Waals surface area contributed by atoms with Crippen molar-refractivity contribution in [2.45, 2.75) is 29.5 Å². The molecule has 0 bridgehead atoms. The van der Waals surface area contributed by atoms with Crippen LogP contribution in [0.2, 0.25) is 0 Å². The average Bonchev–Trinajstić information content (AvgIpc) is 2.46. The summed E-state index contributed by atoms with van der Waals surface area (Å²) < 4.78 is 49.6. The molecule has 21 heavy (non-hydrogen) atoms. The summed E-state index contributed by atoms with van der Waals surface area (Å²) in [6.45, 7) is 1.61. The van der Waals surface area contributed by atoms with E-state index in [1.165, 1.54) is 12.1 Å². The third-order valence-corrected chi connectivity index (χ3v) is 6.58. The Morgan fingerprint density at radius 1 is 1.10 bits per heavy atom. The molecule has 0 radical (unpaired) electrons. The minimum Gasteiger partial charge on any atom is -0.317 e. The standard InChI is InChI=1S/C13H20N2O4S2/c1-20(16,17)12-4-2-11(3-5-12)10-15-21(18,19)13-6-8-14-9-7-13/h2-5,13-15H,6-10H2,1H3. The van der Waals surface area contributed by atoms with Crippen molar-refractivity contribution in [1.29, 1.82) is 0 Å².